The van der Waals surface area contributed by atoms with Crippen molar-refractivity contribution in [2.24, 2.45) is 0 Å². The van der Waals surface area contributed by atoms with E-state index < -0.39 is 0 Å². The largest absolute Gasteiger partial charge is 0.313 e. The van der Waals surface area contributed by atoms with E-state index in [-0.39, 0.29) is 0 Å². The number of aromatic nitrogens is 2. The van der Waals surface area contributed by atoms with Crippen LogP contribution in [-0.2, 0) is 12.8 Å². The first-order valence-corrected chi connectivity index (χ1v) is 6.65. The number of nitrogens with zero attached hydrogens (tertiary/aromatic N) is 2. The van der Waals surface area contributed by atoms with Crippen molar-refractivity contribution in [3.05, 3.63) is 46.2 Å². The molecule has 3 nitrogen and oxygen atoms in total. The van der Waals surface area contributed by atoms with E-state index in [1.807, 2.05) is 30.8 Å². The molecule has 2 rings (SSSR count). The average Bonchev–Trinajstić information content (AvgIpc) is 2.84. The van der Waals surface area contributed by atoms with Crippen molar-refractivity contribution in [1.82, 2.24) is 15.3 Å². The van der Waals surface area contributed by atoms with E-state index in [1.54, 1.807) is 6.33 Å². The second kappa shape index (κ2) is 5.89. The summed E-state index contributed by atoms with van der Waals surface area (Å²) in [6.45, 7) is 2.19. The van der Waals surface area contributed by atoms with E-state index in [2.05, 4.69) is 34.3 Å². The molecule has 17 heavy (non-hydrogen) atoms. The Hall–Kier alpha value is -1.26. The minimum Gasteiger partial charge on any atom is -0.313 e. The Bertz CT molecular complexity index is 453. The summed E-state index contributed by atoms with van der Waals surface area (Å²) < 4.78 is 0. The fourth-order valence-electron chi connectivity index (χ4n) is 1.80. The number of hydrogen-bond donors (Lipinski definition) is 1. The predicted molar refractivity (Wildman–Crippen MR) is 71.2 cm³/mol. The van der Waals surface area contributed by atoms with Crippen molar-refractivity contribution in [2.45, 2.75) is 25.8 Å². The molecule has 0 saturated carbocycles. The lowest BCUT2D eigenvalue weighted by atomic mass is 10.1. The lowest BCUT2D eigenvalue weighted by Gasteiger charge is -2.14. The van der Waals surface area contributed by atoms with Crippen LogP contribution in [0.3, 0.4) is 0 Å². The van der Waals surface area contributed by atoms with Crippen molar-refractivity contribution in [2.75, 3.05) is 7.05 Å². The normalized spacial score (nSPS) is 12.6. The zero-order chi connectivity index (χ0) is 12.1. The van der Waals surface area contributed by atoms with Crippen LogP contribution in [0.4, 0.5) is 0 Å². The first-order valence-electron chi connectivity index (χ1n) is 5.83. The highest BCUT2D eigenvalue weighted by atomic mass is 32.1. The van der Waals surface area contributed by atoms with Gasteiger partial charge in [-0.1, -0.05) is 6.92 Å². The van der Waals surface area contributed by atoms with Gasteiger partial charge in [0, 0.05) is 40.2 Å². The molecule has 4 heteroatoms. The topological polar surface area (TPSA) is 37.8 Å². The van der Waals surface area contributed by atoms with Gasteiger partial charge in [0.05, 0.1) is 0 Å². The Balaban J connectivity index is 2.10. The molecule has 0 aromatic carbocycles. The molecule has 1 unspecified atom stereocenters. The highest BCUT2D eigenvalue weighted by Crippen LogP contribution is 2.23. The second-order valence-electron chi connectivity index (χ2n) is 3.94. The van der Waals surface area contributed by atoms with Crippen molar-refractivity contribution in [3.8, 4) is 0 Å². The zero-order valence-corrected chi connectivity index (χ0v) is 11.0. The van der Waals surface area contributed by atoms with E-state index in [4.69, 9.17) is 0 Å². The Kier molecular flexibility index (Phi) is 4.23. The maximum Gasteiger partial charge on any atom is 0.115 e. The standard InChI is InChI=1S/C13H17N3S/c1-3-11-4-5-12(17-11)6-13(14-2)10-7-15-9-16-8-10/h4-5,7-9,13-14H,3,6H2,1-2H3. The molecule has 2 heterocycles. The summed E-state index contributed by atoms with van der Waals surface area (Å²) in [6, 6.07) is 4.73. The molecular formula is C13H17N3S. The number of thiophene rings is 1. The van der Waals surface area contributed by atoms with Crippen LogP contribution in [0.15, 0.2) is 30.9 Å². The minimum atomic E-state index is 0.291. The summed E-state index contributed by atoms with van der Waals surface area (Å²) in [6.07, 6.45) is 7.43. The summed E-state index contributed by atoms with van der Waals surface area (Å²) in [7, 11) is 1.98. The Morgan fingerprint density at radius 2 is 1.94 bits per heavy atom. The van der Waals surface area contributed by atoms with E-state index in [0.29, 0.717) is 6.04 Å². The summed E-state index contributed by atoms with van der Waals surface area (Å²) in [4.78, 5) is 11.0. The van der Waals surface area contributed by atoms with Crippen molar-refractivity contribution < 1.29 is 0 Å². The molecule has 0 aliphatic rings. The first-order chi connectivity index (χ1) is 8.33. The average molecular weight is 247 g/mol. The van der Waals surface area contributed by atoms with Crippen LogP contribution >= 0.6 is 11.3 Å². The quantitative estimate of drug-likeness (QED) is 0.882. The molecule has 1 N–H and O–H groups in total. The van der Waals surface area contributed by atoms with Crippen molar-refractivity contribution in [3.63, 3.8) is 0 Å². The summed E-state index contributed by atoms with van der Waals surface area (Å²) in [5, 5.41) is 3.32. The first kappa shape index (κ1) is 12.2. The molecule has 1 atom stereocenters. The summed E-state index contributed by atoms with van der Waals surface area (Å²) in [5.74, 6) is 0. The lowest BCUT2D eigenvalue weighted by molar-refractivity contribution is 0.591. The van der Waals surface area contributed by atoms with Gasteiger partial charge in [0.15, 0.2) is 0 Å². The molecule has 2 aromatic rings. The SMILES string of the molecule is CCc1ccc(CC(NC)c2cncnc2)s1. The Labute approximate surface area is 106 Å². The van der Waals surface area contributed by atoms with Gasteiger partial charge in [0.25, 0.3) is 0 Å². The molecule has 0 amide bonds. The van der Waals surface area contributed by atoms with Crippen LogP contribution in [0.2, 0.25) is 0 Å². The van der Waals surface area contributed by atoms with E-state index in [1.165, 1.54) is 9.75 Å². The fourth-order valence-corrected chi connectivity index (χ4v) is 2.80. The van der Waals surface area contributed by atoms with Gasteiger partial charge in [0.1, 0.15) is 6.33 Å². The van der Waals surface area contributed by atoms with Gasteiger partial charge in [-0.05, 0) is 25.6 Å². The summed E-state index contributed by atoms with van der Waals surface area (Å²) in [5.41, 5.74) is 1.14. The third-order valence-electron chi connectivity index (χ3n) is 2.80. The van der Waals surface area contributed by atoms with Gasteiger partial charge >= 0.3 is 0 Å². The van der Waals surface area contributed by atoms with Crippen LogP contribution in [0.25, 0.3) is 0 Å². The molecule has 0 aliphatic heterocycles. The van der Waals surface area contributed by atoms with Crippen LogP contribution in [0, 0.1) is 0 Å². The Morgan fingerprint density at radius 1 is 1.24 bits per heavy atom. The number of hydrogen-bond acceptors (Lipinski definition) is 4. The zero-order valence-electron chi connectivity index (χ0n) is 10.2. The van der Waals surface area contributed by atoms with E-state index in [0.717, 1.165) is 18.4 Å². The smallest absolute Gasteiger partial charge is 0.115 e. The van der Waals surface area contributed by atoms with Crippen molar-refractivity contribution >= 4 is 11.3 Å². The Morgan fingerprint density at radius 3 is 2.53 bits per heavy atom. The molecule has 0 bridgehead atoms. The lowest BCUT2D eigenvalue weighted by Crippen LogP contribution is -2.18. The van der Waals surface area contributed by atoms with Crippen LogP contribution in [0.1, 0.15) is 28.3 Å². The highest BCUT2D eigenvalue weighted by Gasteiger charge is 2.11. The fraction of sp³-hybridized carbons (Fsp3) is 0.385. The molecular weight excluding hydrogens is 230 g/mol. The number of aryl methyl sites for hydroxylation is 1. The van der Waals surface area contributed by atoms with Crippen LogP contribution in [-0.4, -0.2) is 17.0 Å². The molecule has 0 saturated heterocycles. The van der Waals surface area contributed by atoms with Gasteiger partial charge in [-0.15, -0.1) is 11.3 Å². The van der Waals surface area contributed by atoms with E-state index in [9.17, 15) is 0 Å². The van der Waals surface area contributed by atoms with Crippen LogP contribution in [0.5, 0.6) is 0 Å². The van der Waals surface area contributed by atoms with Crippen molar-refractivity contribution in [1.29, 1.82) is 0 Å². The number of rotatable bonds is 5. The van der Waals surface area contributed by atoms with E-state index >= 15 is 0 Å². The number of likely N-dealkylation sites (N-methyl/N-ethyl adjacent to an activating group) is 1. The molecule has 2 aromatic heterocycles. The predicted octanol–water partition coefficient (Wildman–Crippen LogP) is 2.60. The number of nitrogens with one attached hydrogen (secondary N) is 1. The maximum atomic E-state index is 4.07. The van der Waals surface area contributed by atoms with Gasteiger partial charge in [-0.25, -0.2) is 9.97 Å². The molecule has 0 aliphatic carbocycles. The third kappa shape index (κ3) is 3.11. The van der Waals surface area contributed by atoms with Gasteiger partial charge in [-0.3, -0.25) is 0 Å². The van der Waals surface area contributed by atoms with Gasteiger partial charge < -0.3 is 5.32 Å². The minimum absolute atomic E-state index is 0.291. The maximum absolute atomic E-state index is 4.07. The molecule has 0 radical (unpaired) electrons. The summed E-state index contributed by atoms with van der Waals surface area (Å²) >= 11 is 1.89. The van der Waals surface area contributed by atoms with Gasteiger partial charge in [0.2, 0.25) is 0 Å². The van der Waals surface area contributed by atoms with Crippen LogP contribution < -0.4 is 5.32 Å². The monoisotopic (exact) mass is 247 g/mol. The molecule has 0 spiro atoms. The highest BCUT2D eigenvalue weighted by molar-refractivity contribution is 7.11. The third-order valence-corrected chi connectivity index (χ3v) is 4.05. The van der Waals surface area contributed by atoms with Gasteiger partial charge in [-0.2, -0.15) is 0 Å². The molecule has 90 valence electrons. The second-order valence-corrected chi connectivity index (χ2v) is 5.19. The molecule has 0 fully saturated rings.